The lowest BCUT2D eigenvalue weighted by Gasteiger charge is -2.20. The lowest BCUT2D eigenvalue weighted by molar-refractivity contribution is -0.150. The Labute approximate surface area is 166 Å². The molecule has 0 saturated carbocycles. The maximum absolute atomic E-state index is 12.3. The summed E-state index contributed by atoms with van der Waals surface area (Å²) in [6.07, 6.45) is 0. The number of esters is 1. The van der Waals surface area contributed by atoms with Crippen molar-refractivity contribution in [2.45, 2.75) is 19.9 Å². The summed E-state index contributed by atoms with van der Waals surface area (Å²) in [6.45, 7) is 2.95. The first kappa shape index (κ1) is 21.1. The van der Waals surface area contributed by atoms with E-state index in [2.05, 4.69) is 10.6 Å². The highest BCUT2D eigenvalue weighted by atomic mass is 32.1. The lowest BCUT2D eigenvalue weighted by Crippen LogP contribution is -2.45. The molecule has 0 unspecified atom stereocenters. The molecule has 0 bridgehead atoms. The molecule has 0 aliphatic heterocycles. The van der Waals surface area contributed by atoms with Crippen LogP contribution in [-0.4, -0.2) is 36.3 Å². The minimum absolute atomic E-state index is 0.180. The van der Waals surface area contributed by atoms with Crippen molar-refractivity contribution in [2.24, 2.45) is 11.7 Å². The second-order valence-electron chi connectivity index (χ2n) is 6.24. The zero-order chi connectivity index (χ0) is 20.7. The quantitative estimate of drug-likeness (QED) is 0.579. The number of anilines is 1. The Morgan fingerprint density at radius 3 is 2.39 bits per heavy atom. The molecule has 0 fully saturated rings. The molecule has 0 saturated heterocycles. The van der Waals surface area contributed by atoms with Gasteiger partial charge in [0.05, 0.1) is 5.56 Å². The maximum Gasteiger partial charge on any atom is 0.329 e. The number of carbonyl (C=O) groups excluding carboxylic acids is 4. The van der Waals surface area contributed by atoms with Crippen LogP contribution in [0.3, 0.4) is 0 Å². The molecule has 1 aromatic carbocycles. The van der Waals surface area contributed by atoms with Gasteiger partial charge in [0, 0.05) is 5.56 Å². The third kappa shape index (κ3) is 5.65. The van der Waals surface area contributed by atoms with Crippen molar-refractivity contribution in [3.63, 3.8) is 0 Å². The first-order valence-electron chi connectivity index (χ1n) is 8.49. The molecular formula is C19H21N3O5S. The molecule has 0 spiro atoms. The molecule has 0 aliphatic rings. The van der Waals surface area contributed by atoms with Gasteiger partial charge in [0.2, 0.25) is 0 Å². The van der Waals surface area contributed by atoms with E-state index in [1.54, 1.807) is 49.6 Å². The van der Waals surface area contributed by atoms with Crippen molar-refractivity contribution < 1.29 is 23.9 Å². The van der Waals surface area contributed by atoms with Gasteiger partial charge in [-0.3, -0.25) is 14.4 Å². The van der Waals surface area contributed by atoms with Gasteiger partial charge >= 0.3 is 5.97 Å². The number of nitrogens with two attached hydrogens (primary N) is 1. The van der Waals surface area contributed by atoms with Gasteiger partial charge in [-0.25, -0.2) is 4.79 Å². The number of rotatable bonds is 8. The number of thiophene rings is 1. The summed E-state index contributed by atoms with van der Waals surface area (Å²) < 4.78 is 5.04. The topological polar surface area (TPSA) is 128 Å². The Morgan fingerprint density at radius 2 is 1.79 bits per heavy atom. The molecule has 8 nitrogen and oxygen atoms in total. The maximum atomic E-state index is 12.3. The Bertz CT molecular complexity index is 863. The number of carbonyl (C=O) groups is 4. The molecule has 1 aromatic heterocycles. The number of nitrogens with one attached hydrogen (secondary N) is 2. The minimum Gasteiger partial charge on any atom is -0.454 e. The van der Waals surface area contributed by atoms with Gasteiger partial charge in [-0.15, -0.1) is 11.3 Å². The van der Waals surface area contributed by atoms with Crippen molar-refractivity contribution in [2.75, 3.05) is 11.9 Å². The Balaban J connectivity index is 1.93. The van der Waals surface area contributed by atoms with Crippen molar-refractivity contribution in [3.8, 4) is 0 Å². The molecule has 2 aromatic rings. The summed E-state index contributed by atoms with van der Waals surface area (Å²) in [5, 5.41) is 6.99. The second kappa shape index (κ2) is 9.65. The van der Waals surface area contributed by atoms with Gasteiger partial charge in [-0.05, 0) is 29.5 Å². The fraction of sp³-hybridized carbons (Fsp3) is 0.263. The summed E-state index contributed by atoms with van der Waals surface area (Å²) in [7, 11) is 0. The zero-order valence-corrected chi connectivity index (χ0v) is 16.2. The summed E-state index contributed by atoms with van der Waals surface area (Å²) in [4.78, 5) is 47.9. The predicted molar refractivity (Wildman–Crippen MR) is 105 cm³/mol. The summed E-state index contributed by atoms with van der Waals surface area (Å²) in [5.74, 6) is -2.67. The van der Waals surface area contributed by atoms with Crippen LogP contribution in [0.1, 0.15) is 34.6 Å². The SMILES string of the molecule is CC(C)[C@H](NC(=O)c1ccccc1)C(=O)OCC(=O)Nc1sccc1C(N)=O. The first-order valence-corrected chi connectivity index (χ1v) is 9.37. The fourth-order valence-electron chi connectivity index (χ4n) is 2.30. The third-order valence-corrected chi connectivity index (χ3v) is 4.60. The average molecular weight is 403 g/mol. The Kier molecular flexibility index (Phi) is 7.28. The number of amides is 3. The van der Waals surface area contributed by atoms with Crippen LogP contribution >= 0.6 is 11.3 Å². The van der Waals surface area contributed by atoms with Crippen molar-refractivity contribution >= 4 is 40.0 Å². The number of ether oxygens (including phenoxy) is 1. The lowest BCUT2D eigenvalue weighted by atomic mass is 10.0. The third-order valence-electron chi connectivity index (χ3n) is 3.77. The highest BCUT2D eigenvalue weighted by Crippen LogP contribution is 2.22. The largest absolute Gasteiger partial charge is 0.454 e. The second-order valence-corrected chi connectivity index (χ2v) is 7.16. The van der Waals surface area contributed by atoms with Gasteiger partial charge < -0.3 is 21.1 Å². The van der Waals surface area contributed by atoms with Gasteiger partial charge in [0.15, 0.2) is 6.61 Å². The van der Waals surface area contributed by atoms with E-state index in [4.69, 9.17) is 10.5 Å². The van der Waals surface area contributed by atoms with Crippen molar-refractivity contribution in [1.82, 2.24) is 5.32 Å². The molecule has 2 rings (SSSR count). The molecular weight excluding hydrogens is 382 g/mol. The van der Waals surface area contributed by atoms with Crippen LogP contribution in [0.4, 0.5) is 5.00 Å². The minimum atomic E-state index is -0.913. The zero-order valence-electron chi connectivity index (χ0n) is 15.4. The van der Waals surface area contributed by atoms with Gasteiger partial charge in [0.25, 0.3) is 17.7 Å². The van der Waals surface area contributed by atoms with E-state index in [9.17, 15) is 19.2 Å². The average Bonchev–Trinajstić information content (AvgIpc) is 3.12. The van der Waals surface area contributed by atoms with Crippen molar-refractivity contribution in [1.29, 1.82) is 0 Å². The van der Waals surface area contributed by atoms with E-state index in [1.165, 1.54) is 6.07 Å². The number of benzene rings is 1. The molecule has 0 radical (unpaired) electrons. The van der Waals surface area contributed by atoms with E-state index in [-0.39, 0.29) is 16.5 Å². The molecule has 0 aliphatic carbocycles. The van der Waals surface area contributed by atoms with Crippen LogP contribution in [0, 0.1) is 5.92 Å². The number of hydrogen-bond acceptors (Lipinski definition) is 6. The van der Waals surface area contributed by atoms with E-state index < -0.39 is 36.3 Å². The standard InChI is InChI=1S/C19H21N3O5S/c1-11(2)15(22-17(25)12-6-4-3-5-7-12)19(26)27-10-14(23)21-18-13(16(20)24)8-9-28-18/h3-9,11,15H,10H2,1-2H3,(H2,20,24)(H,21,23)(H,22,25)/t15-/m0/s1. The van der Waals surface area contributed by atoms with Crippen LogP contribution in [0.15, 0.2) is 41.8 Å². The molecule has 3 amide bonds. The highest BCUT2D eigenvalue weighted by molar-refractivity contribution is 7.14. The normalized spacial score (nSPS) is 11.5. The number of hydrogen-bond donors (Lipinski definition) is 3. The Morgan fingerprint density at radius 1 is 1.11 bits per heavy atom. The van der Waals surface area contributed by atoms with Crippen molar-refractivity contribution in [3.05, 3.63) is 52.9 Å². The van der Waals surface area contributed by atoms with Crippen LogP contribution < -0.4 is 16.4 Å². The first-order chi connectivity index (χ1) is 13.3. The van der Waals surface area contributed by atoms with E-state index >= 15 is 0 Å². The predicted octanol–water partition coefficient (Wildman–Crippen LogP) is 1.78. The fourth-order valence-corrected chi connectivity index (χ4v) is 3.11. The van der Waals surface area contributed by atoms with Crippen LogP contribution in [0.2, 0.25) is 0 Å². The Hall–Kier alpha value is -3.20. The van der Waals surface area contributed by atoms with Crippen LogP contribution in [0.25, 0.3) is 0 Å². The molecule has 1 atom stereocenters. The van der Waals surface area contributed by atoms with Gasteiger partial charge in [0.1, 0.15) is 11.0 Å². The molecule has 148 valence electrons. The van der Waals surface area contributed by atoms with Gasteiger partial charge in [-0.2, -0.15) is 0 Å². The highest BCUT2D eigenvalue weighted by Gasteiger charge is 2.27. The van der Waals surface area contributed by atoms with Crippen LogP contribution in [-0.2, 0) is 14.3 Å². The number of primary amides is 1. The molecule has 4 N–H and O–H groups in total. The smallest absolute Gasteiger partial charge is 0.329 e. The summed E-state index contributed by atoms with van der Waals surface area (Å²) in [6, 6.07) is 9.04. The molecule has 9 heteroatoms. The van der Waals surface area contributed by atoms with Gasteiger partial charge in [-0.1, -0.05) is 32.0 Å². The van der Waals surface area contributed by atoms with Crippen LogP contribution in [0.5, 0.6) is 0 Å². The van der Waals surface area contributed by atoms with E-state index in [1.807, 2.05) is 0 Å². The molecule has 1 heterocycles. The summed E-state index contributed by atoms with van der Waals surface area (Å²) >= 11 is 1.13. The monoisotopic (exact) mass is 403 g/mol. The summed E-state index contributed by atoms with van der Waals surface area (Å²) in [5.41, 5.74) is 5.81. The molecule has 28 heavy (non-hydrogen) atoms. The van der Waals surface area contributed by atoms with E-state index in [0.717, 1.165) is 11.3 Å². The van der Waals surface area contributed by atoms with E-state index in [0.29, 0.717) is 5.56 Å².